The molecule has 0 aromatic heterocycles. The number of benzene rings is 1. The van der Waals surface area contributed by atoms with E-state index >= 15 is 0 Å². The Morgan fingerprint density at radius 1 is 1.08 bits per heavy atom. The number of piperidine rings is 1. The van der Waals surface area contributed by atoms with Crippen molar-refractivity contribution >= 4 is 5.91 Å². The fraction of sp³-hybridized carbons (Fsp3) is 0.650. The summed E-state index contributed by atoms with van der Waals surface area (Å²) < 4.78 is 0. The van der Waals surface area contributed by atoms with Gasteiger partial charge in [0.15, 0.2) is 0 Å². The first kappa shape index (κ1) is 17.4. The van der Waals surface area contributed by atoms with Crippen molar-refractivity contribution in [1.29, 1.82) is 0 Å². The van der Waals surface area contributed by atoms with Crippen LogP contribution in [-0.2, 0) is 11.3 Å². The fourth-order valence-corrected chi connectivity index (χ4v) is 4.09. The van der Waals surface area contributed by atoms with Gasteiger partial charge >= 0.3 is 0 Å². The Bertz CT molecular complexity index is 525. The molecule has 132 valence electrons. The molecule has 2 fully saturated rings. The molecule has 1 amide bonds. The van der Waals surface area contributed by atoms with Gasteiger partial charge in [0.1, 0.15) is 0 Å². The fourth-order valence-electron chi connectivity index (χ4n) is 4.09. The van der Waals surface area contributed by atoms with Gasteiger partial charge in [-0.2, -0.15) is 0 Å². The first-order valence-corrected chi connectivity index (χ1v) is 9.43. The number of carbonyl (C=O) groups excluding carboxylic acids is 1. The number of nitrogens with zero attached hydrogens (tertiary/aromatic N) is 3. The van der Waals surface area contributed by atoms with E-state index in [-0.39, 0.29) is 0 Å². The van der Waals surface area contributed by atoms with Gasteiger partial charge in [-0.15, -0.1) is 0 Å². The Balaban J connectivity index is 1.69. The van der Waals surface area contributed by atoms with Crippen LogP contribution in [-0.4, -0.2) is 65.9 Å². The van der Waals surface area contributed by atoms with E-state index in [1.54, 1.807) is 0 Å². The predicted molar refractivity (Wildman–Crippen MR) is 97.8 cm³/mol. The number of hydrogen-bond donors (Lipinski definition) is 0. The lowest BCUT2D eigenvalue weighted by Crippen LogP contribution is -2.48. The van der Waals surface area contributed by atoms with E-state index in [0.717, 1.165) is 26.1 Å². The van der Waals surface area contributed by atoms with Crippen LogP contribution < -0.4 is 0 Å². The lowest BCUT2D eigenvalue weighted by molar-refractivity contribution is -0.133. The van der Waals surface area contributed by atoms with Crippen LogP contribution in [0.4, 0.5) is 0 Å². The van der Waals surface area contributed by atoms with Gasteiger partial charge in [0.2, 0.25) is 5.91 Å². The highest BCUT2D eigenvalue weighted by atomic mass is 16.2. The Labute approximate surface area is 146 Å². The highest BCUT2D eigenvalue weighted by molar-refractivity contribution is 5.77. The van der Waals surface area contributed by atoms with Gasteiger partial charge in [-0.1, -0.05) is 37.3 Å². The molecule has 4 heteroatoms. The largest absolute Gasteiger partial charge is 0.334 e. The molecule has 1 unspecified atom stereocenters. The van der Waals surface area contributed by atoms with Crippen molar-refractivity contribution in [3.8, 4) is 0 Å². The molecule has 2 aliphatic rings. The maximum Gasteiger partial charge on any atom is 0.224 e. The maximum atomic E-state index is 12.8. The average Bonchev–Trinajstić information content (AvgIpc) is 2.76. The van der Waals surface area contributed by atoms with Crippen LogP contribution in [0.15, 0.2) is 30.3 Å². The first-order valence-electron chi connectivity index (χ1n) is 9.43. The van der Waals surface area contributed by atoms with Crippen molar-refractivity contribution in [2.24, 2.45) is 0 Å². The van der Waals surface area contributed by atoms with Crippen molar-refractivity contribution in [3.05, 3.63) is 35.9 Å². The molecule has 24 heavy (non-hydrogen) atoms. The quantitative estimate of drug-likeness (QED) is 0.849. The van der Waals surface area contributed by atoms with E-state index in [1.807, 2.05) is 6.07 Å². The normalized spacial score (nSPS) is 25.0. The summed E-state index contributed by atoms with van der Waals surface area (Å²) >= 11 is 0. The zero-order valence-electron chi connectivity index (χ0n) is 15.2. The number of rotatable bonds is 4. The standard InChI is InChI=1S/C20H31N3O/c1-3-18-16-22(19-9-12-21(2)13-10-19)14-11-20(24)23(18)15-17-7-5-4-6-8-17/h4-8,18-19H,3,9-16H2,1-2H3. The Morgan fingerprint density at radius 2 is 1.79 bits per heavy atom. The molecular formula is C20H31N3O. The highest BCUT2D eigenvalue weighted by Gasteiger charge is 2.32. The molecule has 2 heterocycles. The Hall–Kier alpha value is -1.39. The van der Waals surface area contributed by atoms with Crippen molar-refractivity contribution in [2.75, 3.05) is 33.2 Å². The Kier molecular flexibility index (Phi) is 5.90. The summed E-state index contributed by atoms with van der Waals surface area (Å²) in [5.41, 5.74) is 1.23. The van der Waals surface area contributed by atoms with E-state index in [0.29, 0.717) is 24.4 Å². The topological polar surface area (TPSA) is 26.8 Å². The van der Waals surface area contributed by atoms with Crippen molar-refractivity contribution in [1.82, 2.24) is 14.7 Å². The summed E-state index contributed by atoms with van der Waals surface area (Å²) in [6.07, 6.45) is 4.16. The molecule has 0 saturated carbocycles. The van der Waals surface area contributed by atoms with E-state index in [2.05, 4.69) is 52.9 Å². The van der Waals surface area contributed by atoms with Crippen LogP contribution >= 0.6 is 0 Å². The molecule has 1 aromatic carbocycles. The van der Waals surface area contributed by atoms with Crippen molar-refractivity contribution < 1.29 is 4.79 Å². The van der Waals surface area contributed by atoms with Crippen LogP contribution in [0.2, 0.25) is 0 Å². The number of hydrogen-bond acceptors (Lipinski definition) is 3. The molecular weight excluding hydrogens is 298 g/mol. The van der Waals surface area contributed by atoms with E-state index < -0.39 is 0 Å². The lowest BCUT2D eigenvalue weighted by Gasteiger charge is -2.38. The molecule has 2 aliphatic heterocycles. The molecule has 0 radical (unpaired) electrons. The minimum atomic E-state index is 0.320. The zero-order valence-corrected chi connectivity index (χ0v) is 15.2. The van der Waals surface area contributed by atoms with Gasteiger partial charge in [-0.3, -0.25) is 9.69 Å². The summed E-state index contributed by atoms with van der Waals surface area (Å²) in [5.74, 6) is 0.320. The Morgan fingerprint density at radius 3 is 2.46 bits per heavy atom. The maximum absolute atomic E-state index is 12.8. The monoisotopic (exact) mass is 329 g/mol. The van der Waals surface area contributed by atoms with Crippen LogP contribution in [0, 0.1) is 0 Å². The second kappa shape index (κ2) is 8.13. The van der Waals surface area contributed by atoms with E-state index in [4.69, 9.17) is 0 Å². The van der Waals surface area contributed by atoms with Gasteiger partial charge < -0.3 is 9.80 Å². The zero-order chi connectivity index (χ0) is 16.9. The van der Waals surface area contributed by atoms with Gasteiger partial charge in [0, 0.05) is 38.1 Å². The number of likely N-dealkylation sites (tertiary alicyclic amines) is 1. The molecule has 2 saturated heterocycles. The van der Waals surface area contributed by atoms with Crippen molar-refractivity contribution in [3.63, 3.8) is 0 Å². The molecule has 0 aliphatic carbocycles. The predicted octanol–water partition coefficient (Wildman–Crippen LogP) is 2.59. The average molecular weight is 329 g/mol. The summed E-state index contributed by atoms with van der Waals surface area (Å²) in [6.45, 7) is 7.28. The summed E-state index contributed by atoms with van der Waals surface area (Å²) in [5, 5.41) is 0. The second-order valence-electron chi connectivity index (χ2n) is 7.35. The molecule has 4 nitrogen and oxygen atoms in total. The smallest absolute Gasteiger partial charge is 0.224 e. The van der Waals surface area contributed by atoms with Crippen LogP contribution in [0.5, 0.6) is 0 Å². The molecule has 0 N–H and O–H groups in total. The minimum absolute atomic E-state index is 0.320. The van der Waals surface area contributed by atoms with Crippen LogP contribution in [0.3, 0.4) is 0 Å². The summed E-state index contributed by atoms with van der Waals surface area (Å²) in [4.78, 5) is 19.9. The van der Waals surface area contributed by atoms with Gasteiger partial charge in [0.05, 0.1) is 0 Å². The molecule has 1 aromatic rings. The van der Waals surface area contributed by atoms with E-state index in [1.165, 1.54) is 31.5 Å². The molecule has 3 rings (SSSR count). The van der Waals surface area contributed by atoms with Gasteiger partial charge in [0.25, 0.3) is 0 Å². The highest BCUT2D eigenvalue weighted by Crippen LogP contribution is 2.23. The SMILES string of the molecule is CCC1CN(C2CCN(C)CC2)CCC(=O)N1Cc1ccccc1. The second-order valence-corrected chi connectivity index (χ2v) is 7.35. The molecule has 1 atom stereocenters. The molecule has 0 bridgehead atoms. The third kappa shape index (κ3) is 4.17. The number of amides is 1. The van der Waals surface area contributed by atoms with E-state index in [9.17, 15) is 4.79 Å². The van der Waals surface area contributed by atoms with Crippen LogP contribution in [0.1, 0.15) is 38.2 Å². The third-order valence-electron chi connectivity index (χ3n) is 5.69. The van der Waals surface area contributed by atoms with Crippen molar-refractivity contribution in [2.45, 2.75) is 51.2 Å². The summed E-state index contributed by atoms with van der Waals surface area (Å²) in [6, 6.07) is 11.4. The summed E-state index contributed by atoms with van der Waals surface area (Å²) in [7, 11) is 2.21. The van der Waals surface area contributed by atoms with Gasteiger partial charge in [-0.05, 0) is 45.0 Å². The van der Waals surface area contributed by atoms with Crippen LogP contribution in [0.25, 0.3) is 0 Å². The third-order valence-corrected chi connectivity index (χ3v) is 5.69. The minimum Gasteiger partial charge on any atom is -0.334 e. The number of carbonyl (C=O) groups is 1. The van der Waals surface area contributed by atoms with Gasteiger partial charge in [-0.25, -0.2) is 0 Å². The lowest BCUT2D eigenvalue weighted by atomic mass is 10.0. The first-order chi connectivity index (χ1) is 11.7. The molecule has 0 spiro atoms.